The van der Waals surface area contributed by atoms with Gasteiger partial charge in [-0.2, -0.15) is 0 Å². The number of para-hydroxylation sites is 2. The number of benzene rings is 2. The quantitative estimate of drug-likeness (QED) is 0.701. The summed E-state index contributed by atoms with van der Waals surface area (Å²) in [6.07, 6.45) is 1.91. The smallest absolute Gasteiger partial charge is 0.260 e. The molecular formula is C20H22N2O. The Morgan fingerprint density at radius 2 is 1.70 bits per heavy atom. The van der Waals surface area contributed by atoms with E-state index in [1.807, 2.05) is 62.6 Å². The summed E-state index contributed by atoms with van der Waals surface area (Å²) in [5, 5.41) is 1.03. The van der Waals surface area contributed by atoms with Gasteiger partial charge in [0.25, 0.3) is 5.91 Å². The summed E-state index contributed by atoms with van der Waals surface area (Å²) in [5.41, 5.74) is 3.96. The van der Waals surface area contributed by atoms with E-state index in [9.17, 15) is 4.79 Å². The maximum atomic E-state index is 13.2. The van der Waals surface area contributed by atoms with Crippen LogP contribution in [0, 0.1) is 0 Å². The van der Waals surface area contributed by atoms with Crippen LogP contribution in [0.25, 0.3) is 10.9 Å². The topological polar surface area (TPSA) is 25.2 Å². The average molecular weight is 306 g/mol. The number of aromatic nitrogens is 1. The zero-order valence-electron chi connectivity index (χ0n) is 13.9. The van der Waals surface area contributed by atoms with Crippen LogP contribution in [0.1, 0.15) is 29.4 Å². The lowest BCUT2D eigenvalue weighted by Crippen LogP contribution is -2.27. The van der Waals surface area contributed by atoms with E-state index in [-0.39, 0.29) is 5.91 Å². The summed E-state index contributed by atoms with van der Waals surface area (Å²) in [4.78, 5) is 14.9. The molecule has 0 aliphatic heterocycles. The van der Waals surface area contributed by atoms with Gasteiger partial charge in [-0.05, 0) is 24.6 Å². The first kappa shape index (κ1) is 15.3. The number of aryl methyl sites for hydroxylation is 1. The number of anilines is 1. The van der Waals surface area contributed by atoms with Crippen molar-refractivity contribution in [2.75, 3.05) is 11.9 Å². The third-order valence-corrected chi connectivity index (χ3v) is 4.38. The van der Waals surface area contributed by atoms with Gasteiger partial charge >= 0.3 is 0 Å². The second-order valence-corrected chi connectivity index (χ2v) is 5.85. The van der Waals surface area contributed by atoms with Crippen molar-refractivity contribution in [3.05, 3.63) is 65.9 Å². The molecule has 0 spiro atoms. The lowest BCUT2D eigenvalue weighted by Gasteiger charge is -2.18. The highest BCUT2D eigenvalue weighted by Crippen LogP contribution is 2.28. The van der Waals surface area contributed by atoms with Crippen molar-refractivity contribution >= 4 is 22.5 Å². The first-order chi connectivity index (χ1) is 11.1. The Balaban J connectivity index is 2.14. The van der Waals surface area contributed by atoms with E-state index in [1.54, 1.807) is 4.90 Å². The molecule has 23 heavy (non-hydrogen) atoms. The zero-order chi connectivity index (χ0) is 16.4. The van der Waals surface area contributed by atoms with E-state index in [4.69, 9.17) is 0 Å². The number of carbonyl (C=O) groups excluding carboxylic acids is 1. The highest BCUT2D eigenvalue weighted by Gasteiger charge is 2.23. The molecule has 0 unspecified atom stereocenters. The first-order valence-electron chi connectivity index (χ1n) is 8.04. The molecule has 3 heteroatoms. The van der Waals surface area contributed by atoms with Gasteiger partial charge in [0.05, 0.1) is 5.56 Å². The van der Waals surface area contributed by atoms with Gasteiger partial charge in [-0.25, -0.2) is 0 Å². The number of fused-ring (bicyclic) bond motifs is 1. The van der Waals surface area contributed by atoms with E-state index in [2.05, 4.69) is 17.6 Å². The molecule has 3 nitrogen and oxygen atoms in total. The molecule has 0 saturated carbocycles. The summed E-state index contributed by atoms with van der Waals surface area (Å²) in [7, 11) is 3.89. The lowest BCUT2D eigenvalue weighted by atomic mass is 10.1. The normalized spacial score (nSPS) is 10.9. The third kappa shape index (κ3) is 2.63. The molecule has 2 aromatic carbocycles. The minimum absolute atomic E-state index is 0.0523. The van der Waals surface area contributed by atoms with Crippen molar-refractivity contribution in [3.63, 3.8) is 0 Å². The van der Waals surface area contributed by atoms with Gasteiger partial charge in [0, 0.05) is 36.4 Å². The standard InChI is InChI=1S/C20H22N2O/c1-4-10-18-19(16-13-8-9-14-17(16)22(18)3)20(23)21(2)15-11-6-5-7-12-15/h5-9,11-14H,4,10H2,1-3H3. The van der Waals surface area contributed by atoms with Crippen LogP contribution < -0.4 is 4.90 Å². The highest BCUT2D eigenvalue weighted by molar-refractivity contribution is 6.15. The van der Waals surface area contributed by atoms with Gasteiger partial charge in [0.15, 0.2) is 0 Å². The van der Waals surface area contributed by atoms with Crippen molar-refractivity contribution in [3.8, 4) is 0 Å². The van der Waals surface area contributed by atoms with Crippen LogP contribution in [0.5, 0.6) is 0 Å². The number of hydrogen-bond acceptors (Lipinski definition) is 1. The maximum absolute atomic E-state index is 13.2. The summed E-state index contributed by atoms with van der Waals surface area (Å²) < 4.78 is 2.16. The summed E-state index contributed by atoms with van der Waals surface area (Å²) in [5.74, 6) is 0.0523. The summed E-state index contributed by atoms with van der Waals surface area (Å²) in [6, 6.07) is 17.9. The van der Waals surface area contributed by atoms with Crippen LogP contribution in [0.3, 0.4) is 0 Å². The van der Waals surface area contributed by atoms with Crippen LogP contribution in [0.15, 0.2) is 54.6 Å². The summed E-state index contributed by atoms with van der Waals surface area (Å²) >= 11 is 0. The van der Waals surface area contributed by atoms with Crippen molar-refractivity contribution in [1.82, 2.24) is 4.57 Å². The zero-order valence-corrected chi connectivity index (χ0v) is 13.9. The van der Waals surface area contributed by atoms with E-state index in [0.717, 1.165) is 40.7 Å². The van der Waals surface area contributed by atoms with Gasteiger partial charge in [-0.3, -0.25) is 4.79 Å². The Kier molecular flexibility index (Phi) is 4.20. The Morgan fingerprint density at radius 1 is 1.04 bits per heavy atom. The van der Waals surface area contributed by atoms with E-state index in [1.165, 1.54) is 0 Å². The van der Waals surface area contributed by atoms with E-state index < -0.39 is 0 Å². The van der Waals surface area contributed by atoms with Crippen LogP contribution in [-0.2, 0) is 13.5 Å². The molecule has 0 saturated heterocycles. The number of hydrogen-bond donors (Lipinski definition) is 0. The van der Waals surface area contributed by atoms with Crippen LogP contribution in [0.2, 0.25) is 0 Å². The van der Waals surface area contributed by atoms with Crippen molar-refractivity contribution in [2.45, 2.75) is 19.8 Å². The predicted molar refractivity (Wildman–Crippen MR) is 96.1 cm³/mol. The van der Waals surface area contributed by atoms with Crippen LogP contribution in [-0.4, -0.2) is 17.5 Å². The van der Waals surface area contributed by atoms with Crippen molar-refractivity contribution in [2.24, 2.45) is 7.05 Å². The molecule has 1 heterocycles. The molecular weight excluding hydrogens is 284 g/mol. The number of nitrogens with zero attached hydrogens (tertiary/aromatic N) is 2. The molecule has 0 aliphatic rings. The van der Waals surface area contributed by atoms with Gasteiger partial charge in [-0.1, -0.05) is 49.7 Å². The molecule has 0 fully saturated rings. The molecule has 3 aromatic rings. The number of amides is 1. The molecule has 1 aromatic heterocycles. The first-order valence-corrected chi connectivity index (χ1v) is 8.04. The minimum Gasteiger partial charge on any atom is -0.347 e. The van der Waals surface area contributed by atoms with Crippen LogP contribution >= 0.6 is 0 Å². The Hall–Kier alpha value is -2.55. The van der Waals surface area contributed by atoms with Gasteiger partial charge < -0.3 is 9.47 Å². The van der Waals surface area contributed by atoms with Gasteiger partial charge in [0.2, 0.25) is 0 Å². The van der Waals surface area contributed by atoms with Gasteiger partial charge in [0.1, 0.15) is 0 Å². The molecule has 3 rings (SSSR count). The molecule has 1 amide bonds. The lowest BCUT2D eigenvalue weighted by molar-refractivity contribution is 0.0993. The monoisotopic (exact) mass is 306 g/mol. The molecule has 0 atom stereocenters. The van der Waals surface area contributed by atoms with Crippen molar-refractivity contribution < 1.29 is 4.79 Å². The highest BCUT2D eigenvalue weighted by atomic mass is 16.2. The molecule has 118 valence electrons. The fourth-order valence-corrected chi connectivity index (χ4v) is 3.15. The fourth-order valence-electron chi connectivity index (χ4n) is 3.15. The largest absolute Gasteiger partial charge is 0.347 e. The SMILES string of the molecule is CCCc1c(C(=O)N(C)c2ccccc2)c2ccccc2n1C. The molecule has 0 bridgehead atoms. The molecule has 0 aliphatic carbocycles. The maximum Gasteiger partial charge on any atom is 0.260 e. The Morgan fingerprint density at radius 3 is 2.39 bits per heavy atom. The predicted octanol–water partition coefficient (Wildman–Crippen LogP) is 4.41. The van der Waals surface area contributed by atoms with Gasteiger partial charge in [-0.15, -0.1) is 0 Å². The second-order valence-electron chi connectivity index (χ2n) is 5.85. The minimum atomic E-state index is 0.0523. The van der Waals surface area contributed by atoms with Crippen LogP contribution in [0.4, 0.5) is 5.69 Å². The second kappa shape index (κ2) is 6.29. The number of carbonyl (C=O) groups is 1. The third-order valence-electron chi connectivity index (χ3n) is 4.38. The van der Waals surface area contributed by atoms with Crippen molar-refractivity contribution in [1.29, 1.82) is 0 Å². The molecule has 0 N–H and O–H groups in total. The fraction of sp³-hybridized carbons (Fsp3) is 0.250. The molecule has 0 radical (unpaired) electrons. The summed E-state index contributed by atoms with van der Waals surface area (Å²) in [6.45, 7) is 2.15. The average Bonchev–Trinajstić information content (AvgIpc) is 2.87. The Bertz CT molecular complexity index is 833. The number of rotatable bonds is 4. The van der Waals surface area contributed by atoms with E-state index in [0.29, 0.717) is 0 Å². The van der Waals surface area contributed by atoms with E-state index >= 15 is 0 Å². The Labute approximate surface area is 137 Å².